The Hall–Kier alpha value is -3.43. The molecule has 0 aromatic heterocycles. The number of anilines is 1. The molecule has 0 fully saturated rings. The summed E-state index contributed by atoms with van der Waals surface area (Å²) in [7, 11) is -2.58. The summed E-state index contributed by atoms with van der Waals surface area (Å²) >= 11 is 6.35. The summed E-state index contributed by atoms with van der Waals surface area (Å²) in [5, 5.41) is 2.98. The van der Waals surface area contributed by atoms with E-state index in [-0.39, 0.29) is 18.7 Å². The number of sulfonamides is 1. The normalized spacial score (nSPS) is 12.0. The number of likely N-dealkylation sites (N-methyl/N-ethyl adjacent to an activating group) is 1. The molecule has 3 aromatic carbocycles. The molecule has 36 heavy (non-hydrogen) atoms. The van der Waals surface area contributed by atoms with Gasteiger partial charge in [0.1, 0.15) is 18.4 Å². The minimum atomic E-state index is -4.04. The summed E-state index contributed by atoms with van der Waals surface area (Å²) in [5.74, 6) is -1.91. The lowest BCUT2D eigenvalue weighted by molar-refractivity contribution is -0.139. The van der Waals surface area contributed by atoms with E-state index in [0.29, 0.717) is 14.9 Å². The van der Waals surface area contributed by atoms with Crippen LogP contribution in [0.15, 0.2) is 78.9 Å². The Bertz CT molecular complexity index is 1320. The molecule has 0 aliphatic carbocycles. The van der Waals surface area contributed by atoms with E-state index in [2.05, 4.69) is 5.32 Å². The minimum Gasteiger partial charge on any atom is -0.357 e. The third kappa shape index (κ3) is 6.83. The number of amides is 2. The fraction of sp³-hybridized carbons (Fsp3) is 0.231. The molecule has 7 nitrogen and oxygen atoms in total. The molecule has 0 aliphatic rings. The third-order valence-corrected chi connectivity index (χ3v) is 7.11. The molecule has 0 unspecified atom stereocenters. The van der Waals surface area contributed by atoms with E-state index in [9.17, 15) is 22.4 Å². The zero-order chi connectivity index (χ0) is 26.3. The summed E-state index contributed by atoms with van der Waals surface area (Å²) in [4.78, 5) is 28.0. The molecule has 1 N–H and O–H groups in total. The topological polar surface area (TPSA) is 86.8 Å². The maximum Gasteiger partial charge on any atom is 0.244 e. The molecule has 0 bridgehead atoms. The standard InChI is InChI=1S/C26H27ClFN3O4S/c1-29-26(33)24(16-19-10-4-3-5-11-19)30(17-20-12-6-7-13-21(20)27)25(32)18-31(36(2,34)35)23-15-9-8-14-22(23)28/h3-15,24H,16-18H2,1-2H3,(H,29,33)/t24-/m1/s1. The van der Waals surface area contributed by atoms with Gasteiger partial charge in [-0.3, -0.25) is 13.9 Å². The first-order chi connectivity index (χ1) is 17.1. The maximum absolute atomic E-state index is 14.5. The summed E-state index contributed by atoms with van der Waals surface area (Å²) in [5.41, 5.74) is 1.12. The molecule has 0 radical (unpaired) electrons. The second-order valence-electron chi connectivity index (χ2n) is 8.15. The summed E-state index contributed by atoms with van der Waals surface area (Å²) < 4.78 is 40.4. The average Bonchev–Trinajstić information content (AvgIpc) is 2.85. The molecule has 3 aromatic rings. The van der Waals surface area contributed by atoms with Gasteiger partial charge in [0, 0.05) is 25.0 Å². The lowest BCUT2D eigenvalue weighted by Crippen LogP contribution is -2.53. The van der Waals surface area contributed by atoms with Crippen molar-refractivity contribution in [3.05, 3.63) is 101 Å². The molecular formula is C26H27ClFN3O4S. The number of carbonyl (C=O) groups is 2. The molecule has 0 aliphatic heterocycles. The van der Waals surface area contributed by atoms with Gasteiger partial charge in [-0.05, 0) is 29.3 Å². The third-order valence-electron chi connectivity index (χ3n) is 5.62. The van der Waals surface area contributed by atoms with Gasteiger partial charge >= 0.3 is 0 Å². The Labute approximate surface area is 215 Å². The molecule has 10 heteroatoms. The van der Waals surface area contributed by atoms with Gasteiger partial charge in [-0.1, -0.05) is 72.3 Å². The van der Waals surface area contributed by atoms with Gasteiger partial charge in [-0.25, -0.2) is 12.8 Å². The highest BCUT2D eigenvalue weighted by atomic mass is 35.5. The van der Waals surface area contributed by atoms with Crippen molar-refractivity contribution in [1.29, 1.82) is 0 Å². The Morgan fingerprint density at radius 3 is 2.19 bits per heavy atom. The number of halogens is 2. The van der Waals surface area contributed by atoms with Gasteiger partial charge in [0.2, 0.25) is 21.8 Å². The first-order valence-corrected chi connectivity index (χ1v) is 13.3. The number of para-hydroxylation sites is 1. The van der Waals surface area contributed by atoms with E-state index in [0.717, 1.165) is 17.9 Å². The fourth-order valence-electron chi connectivity index (χ4n) is 3.78. The van der Waals surface area contributed by atoms with Gasteiger partial charge < -0.3 is 10.2 Å². The highest BCUT2D eigenvalue weighted by Gasteiger charge is 2.33. The Morgan fingerprint density at radius 2 is 1.58 bits per heavy atom. The van der Waals surface area contributed by atoms with Gasteiger partial charge in [0.15, 0.2) is 0 Å². The zero-order valence-corrected chi connectivity index (χ0v) is 21.5. The van der Waals surface area contributed by atoms with Crippen molar-refractivity contribution < 1.29 is 22.4 Å². The van der Waals surface area contributed by atoms with Gasteiger partial charge in [-0.15, -0.1) is 0 Å². The molecular weight excluding hydrogens is 505 g/mol. The van der Waals surface area contributed by atoms with E-state index in [4.69, 9.17) is 11.6 Å². The molecule has 190 valence electrons. The van der Waals surface area contributed by atoms with Crippen LogP contribution in [0.1, 0.15) is 11.1 Å². The number of rotatable bonds is 10. The van der Waals surface area contributed by atoms with Crippen molar-refractivity contribution in [2.75, 3.05) is 24.2 Å². The Morgan fingerprint density at radius 1 is 0.972 bits per heavy atom. The van der Waals surface area contributed by atoms with E-state index >= 15 is 0 Å². The van der Waals surface area contributed by atoms with Crippen LogP contribution in [-0.2, 0) is 32.6 Å². The lowest BCUT2D eigenvalue weighted by Gasteiger charge is -2.33. The van der Waals surface area contributed by atoms with Gasteiger partial charge in [-0.2, -0.15) is 0 Å². The summed E-state index contributed by atoms with van der Waals surface area (Å²) in [6.45, 7) is -0.759. The largest absolute Gasteiger partial charge is 0.357 e. The van der Waals surface area contributed by atoms with Crippen LogP contribution in [-0.4, -0.2) is 51.0 Å². The number of nitrogens with one attached hydrogen (secondary N) is 1. The molecule has 0 saturated carbocycles. The van der Waals surface area contributed by atoms with Crippen LogP contribution in [0.5, 0.6) is 0 Å². The quantitative estimate of drug-likeness (QED) is 0.433. The SMILES string of the molecule is CNC(=O)[C@@H](Cc1ccccc1)N(Cc1ccccc1Cl)C(=O)CN(c1ccccc1F)S(C)(=O)=O. The molecule has 0 saturated heterocycles. The van der Waals surface area contributed by atoms with Crippen LogP contribution in [0, 0.1) is 5.82 Å². The number of benzene rings is 3. The van der Waals surface area contributed by atoms with Crippen molar-refractivity contribution in [3.8, 4) is 0 Å². The van der Waals surface area contributed by atoms with Crippen LogP contribution in [0.4, 0.5) is 10.1 Å². The predicted molar refractivity (Wildman–Crippen MR) is 139 cm³/mol. The summed E-state index contributed by atoms with van der Waals surface area (Å²) in [6.07, 6.45) is 1.07. The van der Waals surface area contributed by atoms with Crippen molar-refractivity contribution in [2.45, 2.75) is 19.0 Å². The van der Waals surface area contributed by atoms with Crippen molar-refractivity contribution >= 4 is 39.1 Å². The molecule has 0 heterocycles. The maximum atomic E-state index is 14.5. The molecule has 3 rings (SSSR count). The van der Waals surface area contributed by atoms with Crippen LogP contribution >= 0.6 is 11.6 Å². The lowest BCUT2D eigenvalue weighted by atomic mass is 10.0. The van der Waals surface area contributed by atoms with E-state index in [1.165, 1.54) is 30.1 Å². The van der Waals surface area contributed by atoms with Crippen molar-refractivity contribution in [2.24, 2.45) is 0 Å². The van der Waals surface area contributed by atoms with Gasteiger partial charge in [0.05, 0.1) is 11.9 Å². The van der Waals surface area contributed by atoms with E-state index in [1.54, 1.807) is 24.3 Å². The van der Waals surface area contributed by atoms with Crippen LogP contribution in [0.3, 0.4) is 0 Å². The number of carbonyl (C=O) groups excluding carboxylic acids is 2. The predicted octanol–water partition coefficient (Wildman–Crippen LogP) is 3.63. The van der Waals surface area contributed by atoms with E-state index < -0.39 is 40.2 Å². The monoisotopic (exact) mass is 531 g/mol. The van der Waals surface area contributed by atoms with Crippen LogP contribution in [0.2, 0.25) is 5.02 Å². The summed E-state index contributed by atoms with van der Waals surface area (Å²) in [6, 6.07) is 20.3. The molecule has 0 spiro atoms. The second kappa shape index (κ2) is 12.0. The number of hydrogen-bond acceptors (Lipinski definition) is 4. The molecule has 1 atom stereocenters. The highest BCUT2D eigenvalue weighted by molar-refractivity contribution is 7.92. The average molecular weight is 532 g/mol. The number of nitrogens with zero attached hydrogens (tertiary/aromatic N) is 2. The second-order valence-corrected chi connectivity index (χ2v) is 10.5. The fourth-order valence-corrected chi connectivity index (χ4v) is 4.83. The Balaban J connectivity index is 2.05. The molecule has 2 amide bonds. The van der Waals surface area contributed by atoms with Gasteiger partial charge in [0.25, 0.3) is 0 Å². The Kier molecular flexibility index (Phi) is 9.06. The van der Waals surface area contributed by atoms with Crippen LogP contribution < -0.4 is 9.62 Å². The van der Waals surface area contributed by atoms with E-state index in [1.807, 2.05) is 30.3 Å². The zero-order valence-electron chi connectivity index (χ0n) is 19.9. The first kappa shape index (κ1) is 27.2. The van der Waals surface area contributed by atoms with Crippen molar-refractivity contribution in [3.63, 3.8) is 0 Å². The minimum absolute atomic E-state index is 0.0572. The first-order valence-electron chi connectivity index (χ1n) is 11.1. The van der Waals surface area contributed by atoms with Crippen LogP contribution in [0.25, 0.3) is 0 Å². The smallest absolute Gasteiger partial charge is 0.244 e. The number of hydrogen-bond donors (Lipinski definition) is 1. The van der Waals surface area contributed by atoms with Crippen molar-refractivity contribution in [1.82, 2.24) is 10.2 Å². The highest BCUT2D eigenvalue weighted by Crippen LogP contribution is 2.24.